The van der Waals surface area contributed by atoms with E-state index in [9.17, 15) is 0 Å². The van der Waals surface area contributed by atoms with Gasteiger partial charge in [-0.2, -0.15) is 0 Å². The highest BCUT2D eigenvalue weighted by Crippen LogP contribution is 2.48. The van der Waals surface area contributed by atoms with Gasteiger partial charge in [-0.15, -0.1) is 5.10 Å². The van der Waals surface area contributed by atoms with Gasteiger partial charge in [0.05, 0.1) is 6.20 Å². The SMILES string of the molecule is N/C(CC1(CNCCCn2ccnn2)CC1)=N/O. The molecule has 1 aliphatic carbocycles. The van der Waals surface area contributed by atoms with Crippen LogP contribution in [0.3, 0.4) is 0 Å². The first kappa shape index (κ1) is 12.8. The largest absolute Gasteiger partial charge is 0.409 e. The quantitative estimate of drug-likeness (QED) is 0.201. The molecule has 1 saturated carbocycles. The number of rotatable bonds is 8. The molecule has 7 nitrogen and oxygen atoms in total. The molecule has 1 heterocycles. The molecule has 18 heavy (non-hydrogen) atoms. The molecule has 2 rings (SSSR count). The van der Waals surface area contributed by atoms with Crippen molar-refractivity contribution in [3.63, 3.8) is 0 Å². The van der Waals surface area contributed by atoms with Crippen molar-refractivity contribution in [2.75, 3.05) is 13.1 Å². The van der Waals surface area contributed by atoms with Crippen molar-refractivity contribution in [1.29, 1.82) is 0 Å². The lowest BCUT2D eigenvalue weighted by Crippen LogP contribution is -2.29. The van der Waals surface area contributed by atoms with Crippen molar-refractivity contribution in [3.8, 4) is 0 Å². The fourth-order valence-electron chi connectivity index (χ4n) is 2.08. The van der Waals surface area contributed by atoms with Gasteiger partial charge in [-0.05, 0) is 31.2 Å². The smallest absolute Gasteiger partial charge is 0.139 e. The van der Waals surface area contributed by atoms with Gasteiger partial charge >= 0.3 is 0 Å². The van der Waals surface area contributed by atoms with E-state index in [4.69, 9.17) is 10.9 Å². The van der Waals surface area contributed by atoms with Gasteiger partial charge in [-0.1, -0.05) is 10.4 Å². The fraction of sp³-hybridized carbons (Fsp3) is 0.727. The van der Waals surface area contributed by atoms with E-state index in [0.29, 0.717) is 12.3 Å². The third-order valence-electron chi connectivity index (χ3n) is 3.35. The third kappa shape index (κ3) is 3.69. The fourth-order valence-corrected chi connectivity index (χ4v) is 2.08. The lowest BCUT2D eigenvalue weighted by molar-refractivity contribution is 0.314. The number of nitrogens with two attached hydrogens (primary N) is 1. The van der Waals surface area contributed by atoms with Gasteiger partial charge in [0, 0.05) is 25.7 Å². The Kier molecular flexibility index (Phi) is 4.14. The number of aromatic nitrogens is 3. The van der Waals surface area contributed by atoms with E-state index in [-0.39, 0.29) is 5.41 Å². The minimum absolute atomic E-state index is 0.226. The number of aryl methyl sites for hydroxylation is 1. The summed E-state index contributed by atoms with van der Waals surface area (Å²) >= 11 is 0. The maximum absolute atomic E-state index is 8.57. The topological polar surface area (TPSA) is 101 Å². The molecule has 4 N–H and O–H groups in total. The number of oxime groups is 1. The van der Waals surface area contributed by atoms with Crippen molar-refractivity contribution in [2.45, 2.75) is 32.2 Å². The summed E-state index contributed by atoms with van der Waals surface area (Å²) in [6.07, 6.45) is 7.55. The first-order chi connectivity index (χ1) is 8.74. The summed E-state index contributed by atoms with van der Waals surface area (Å²) in [6.45, 7) is 2.75. The van der Waals surface area contributed by atoms with Crippen LogP contribution < -0.4 is 11.1 Å². The molecule has 1 aromatic heterocycles. The normalized spacial score (nSPS) is 17.9. The minimum atomic E-state index is 0.226. The lowest BCUT2D eigenvalue weighted by Gasteiger charge is -2.14. The molecule has 1 aromatic rings. The van der Waals surface area contributed by atoms with E-state index in [1.54, 1.807) is 6.20 Å². The number of amidine groups is 1. The number of hydrogen-bond donors (Lipinski definition) is 3. The molecule has 0 saturated heterocycles. The van der Waals surface area contributed by atoms with Gasteiger partial charge < -0.3 is 16.3 Å². The summed E-state index contributed by atoms with van der Waals surface area (Å²) in [6, 6.07) is 0. The van der Waals surface area contributed by atoms with Crippen LogP contribution in [0.1, 0.15) is 25.7 Å². The van der Waals surface area contributed by atoms with Crippen LogP contribution in [0.15, 0.2) is 17.5 Å². The van der Waals surface area contributed by atoms with Crippen LogP contribution in [0, 0.1) is 5.41 Å². The minimum Gasteiger partial charge on any atom is -0.409 e. The van der Waals surface area contributed by atoms with Crippen LogP contribution in [-0.4, -0.2) is 39.1 Å². The Balaban J connectivity index is 1.58. The van der Waals surface area contributed by atoms with Crippen LogP contribution in [0.2, 0.25) is 0 Å². The van der Waals surface area contributed by atoms with Gasteiger partial charge in [-0.25, -0.2) is 0 Å². The molecule has 0 radical (unpaired) electrons. The van der Waals surface area contributed by atoms with Crippen LogP contribution >= 0.6 is 0 Å². The zero-order chi connectivity index (χ0) is 12.8. The zero-order valence-corrected chi connectivity index (χ0v) is 10.4. The Labute approximate surface area is 106 Å². The van der Waals surface area contributed by atoms with Gasteiger partial charge in [0.1, 0.15) is 5.84 Å². The Bertz CT molecular complexity index is 384. The number of nitrogens with one attached hydrogen (secondary N) is 1. The Hall–Kier alpha value is -1.63. The summed E-state index contributed by atoms with van der Waals surface area (Å²) in [5, 5.41) is 22.7. The first-order valence-corrected chi connectivity index (χ1v) is 6.25. The molecule has 0 aromatic carbocycles. The van der Waals surface area contributed by atoms with E-state index in [1.165, 1.54) is 0 Å². The van der Waals surface area contributed by atoms with Crippen LogP contribution in [-0.2, 0) is 6.54 Å². The van der Waals surface area contributed by atoms with Gasteiger partial charge in [0.25, 0.3) is 0 Å². The number of nitrogens with zero attached hydrogens (tertiary/aromatic N) is 4. The lowest BCUT2D eigenvalue weighted by atomic mass is 10.0. The Morgan fingerprint density at radius 3 is 3.00 bits per heavy atom. The summed E-state index contributed by atoms with van der Waals surface area (Å²) in [5.74, 6) is 0.330. The standard InChI is InChI=1S/C11H20N6O/c12-10(15-18)8-11(2-3-11)9-13-4-1-6-17-7-5-14-16-17/h5,7,13,18H,1-4,6,8-9H2,(H2,12,15). The molecular formula is C11H20N6O. The second kappa shape index (κ2) is 5.81. The van der Waals surface area contributed by atoms with E-state index >= 15 is 0 Å². The molecule has 7 heteroatoms. The monoisotopic (exact) mass is 252 g/mol. The van der Waals surface area contributed by atoms with Crippen molar-refractivity contribution in [3.05, 3.63) is 12.4 Å². The van der Waals surface area contributed by atoms with E-state index < -0.39 is 0 Å². The zero-order valence-electron chi connectivity index (χ0n) is 10.4. The Morgan fingerprint density at radius 2 is 2.39 bits per heavy atom. The predicted molar refractivity (Wildman–Crippen MR) is 67.2 cm³/mol. The maximum atomic E-state index is 8.57. The summed E-state index contributed by atoms with van der Waals surface area (Å²) < 4.78 is 1.82. The molecular weight excluding hydrogens is 232 g/mol. The van der Waals surface area contributed by atoms with Crippen LogP contribution in [0.25, 0.3) is 0 Å². The molecule has 0 bridgehead atoms. The van der Waals surface area contributed by atoms with Crippen LogP contribution in [0.5, 0.6) is 0 Å². The average Bonchev–Trinajstić information content (AvgIpc) is 2.91. The van der Waals surface area contributed by atoms with Crippen molar-refractivity contribution >= 4 is 5.84 Å². The van der Waals surface area contributed by atoms with Crippen molar-refractivity contribution in [1.82, 2.24) is 20.3 Å². The highest BCUT2D eigenvalue weighted by atomic mass is 16.4. The van der Waals surface area contributed by atoms with Crippen LogP contribution in [0.4, 0.5) is 0 Å². The molecule has 1 fully saturated rings. The molecule has 1 aliphatic rings. The van der Waals surface area contributed by atoms with Crippen molar-refractivity contribution < 1.29 is 5.21 Å². The summed E-state index contributed by atoms with van der Waals surface area (Å²) in [5.41, 5.74) is 5.77. The average molecular weight is 252 g/mol. The van der Waals surface area contributed by atoms with Crippen molar-refractivity contribution in [2.24, 2.45) is 16.3 Å². The van der Waals surface area contributed by atoms with E-state index in [1.807, 2.05) is 10.9 Å². The van der Waals surface area contributed by atoms with Gasteiger partial charge in [0.2, 0.25) is 0 Å². The summed E-state index contributed by atoms with van der Waals surface area (Å²) in [7, 11) is 0. The first-order valence-electron chi connectivity index (χ1n) is 6.25. The highest BCUT2D eigenvalue weighted by Gasteiger charge is 2.42. The third-order valence-corrected chi connectivity index (χ3v) is 3.35. The second-order valence-electron chi connectivity index (χ2n) is 4.96. The highest BCUT2D eigenvalue weighted by molar-refractivity contribution is 5.80. The van der Waals surface area contributed by atoms with E-state index in [0.717, 1.165) is 38.9 Å². The van der Waals surface area contributed by atoms with Gasteiger partial charge in [0.15, 0.2) is 0 Å². The van der Waals surface area contributed by atoms with E-state index in [2.05, 4.69) is 20.8 Å². The second-order valence-corrected chi connectivity index (χ2v) is 4.96. The molecule has 0 aliphatic heterocycles. The Morgan fingerprint density at radius 1 is 1.56 bits per heavy atom. The summed E-state index contributed by atoms with van der Waals surface area (Å²) in [4.78, 5) is 0. The van der Waals surface area contributed by atoms with Gasteiger partial charge in [-0.3, -0.25) is 4.68 Å². The number of hydrogen-bond acceptors (Lipinski definition) is 5. The molecule has 100 valence electrons. The predicted octanol–water partition coefficient (Wildman–Crippen LogP) is 0.174. The molecule has 0 spiro atoms. The molecule has 0 unspecified atom stereocenters. The molecule has 0 amide bonds. The molecule has 0 atom stereocenters. The maximum Gasteiger partial charge on any atom is 0.139 e.